The number of ether oxygens (including phenoxy) is 13. The molecule has 13 rings (SSSR count). The highest BCUT2D eigenvalue weighted by atomic mass is 79.9. The number of phenolic OH excluding ortho intramolecular Hbond substituents is 4. The Morgan fingerprint density at radius 1 is 0.315 bits per heavy atom. The molecule has 0 aliphatic heterocycles. The summed E-state index contributed by atoms with van der Waals surface area (Å²) in [6.07, 6.45) is 6.33. The van der Waals surface area contributed by atoms with Gasteiger partial charge in [-0.15, -0.1) is 0 Å². The van der Waals surface area contributed by atoms with Crippen LogP contribution in [-0.2, 0) is 61.7 Å². The Kier molecular flexibility index (Phi) is 64.9. The van der Waals surface area contributed by atoms with Crippen molar-refractivity contribution in [3.63, 3.8) is 0 Å². The van der Waals surface area contributed by atoms with E-state index in [1.165, 1.54) is 76.8 Å². The molecular formula is C116H136BrClO25. The lowest BCUT2D eigenvalue weighted by molar-refractivity contribution is -0.132. The largest absolute Gasteiger partial charge is 0.508 e. The maximum Gasteiger partial charge on any atom is 0.308 e. The van der Waals surface area contributed by atoms with Crippen molar-refractivity contribution in [1.29, 1.82) is 0 Å². The number of carbonyl (C=O) groups is 6. The van der Waals surface area contributed by atoms with Crippen molar-refractivity contribution in [2.45, 2.75) is 155 Å². The molecule has 6 N–H and O–H groups in total. The fourth-order valence-corrected chi connectivity index (χ4v) is 10.9. The zero-order valence-corrected chi connectivity index (χ0v) is 85.6. The average molecular weight is 2050 g/mol. The summed E-state index contributed by atoms with van der Waals surface area (Å²) in [4.78, 5) is 65.8. The van der Waals surface area contributed by atoms with Crippen LogP contribution in [0.5, 0.6) is 86.2 Å². The summed E-state index contributed by atoms with van der Waals surface area (Å²) in [6, 6.07) is 95.9. The first kappa shape index (κ1) is 122. The highest BCUT2D eigenvalue weighted by Crippen LogP contribution is 2.26. The molecule has 764 valence electrons. The van der Waals surface area contributed by atoms with Crippen LogP contribution in [0.3, 0.4) is 0 Å². The lowest BCUT2D eigenvalue weighted by Gasteiger charge is -2.14. The smallest absolute Gasteiger partial charge is 0.308 e. The monoisotopic (exact) mass is 2040 g/mol. The number of aliphatic hydroxyl groups is 2. The van der Waals surface area contributed by atoms with Crippen LogP contribution in [0.1, 0.15) is 176 Å². The van der Waals surface area contributed by atoms with Crippen molar-refractivity contribution in [1.82, 2.24) is 0 Å². The lowest BCUT2D eigenvalue weighted by Crippen LogP contribution is -2.15. The maximum atomic E-state index is 12.4. The van der Waals surface area contributed by atoms with Gasteiger partial charge in [0.1, 0.15) is 106 Å². The minimum absolute atomic E-state index is 0. The zero-order valence-electron chi connectivity index (χ0n) is 83.3. The van der Waals surface area contributed by atoms with E-state index in [1.54, 1.807) is 158 Å². The standard InChI is InChI=1S/C20H26O4.C18H18O4.C16H16O3.C15H14O3.C13H12O2.C10H14O2.C8H8O3.C7H8O2.C4H8O.C3H7Br.C2H3ClO.H2/c1-4-14-22-18-8-6-17(7-9-18)15-23-19-10-12-20(13-11-19)24-16(3)21-5-2;1-3-12-21-16-8-4-14(5-9-16)18(20)15-6-10-17(11-7-15)22-13(2)19;1-2-11-19-15-9-5-13(6-10-15)16(18)12-3-7-14(17)8-4-12;1-12(16)18-15-9-7-14(8-10-15)17-11-13-5-3-2-4-6-13;14-12-6-8-13(9-7-12)15-10-11-4-2-1-3-5-11;1-2-7-12-10-5-3-9(8-11)4-6-10;1-6(9)11-8-4-2-7(10)3-5-8;8-5-6-1-3-7(9)4-2-6;1-3-5-4-2;1-2-3-4;1-2(3)4;/h6-13,16H,4-5,14-15H2,1-3H3;4-11H,3,12H2,1-2H3;3-10,17H,2,11H2,1H3;2-10H,11H2,1H3;1-9,14H,10H2;3-6,11H,2,7-8H2,1H3;2-5,10H,1H3;1-4,8-9H,5H2;3H,1,4H2,2H3;2-3H2,1H3;1H3;1H. The number of ketones is 2. The van der Waals surface area contributed by atoms with Gasteiger partial charge in [0.25, 0.3) is 0 Å². The number of alkyl halides is 1. The number of rotatable bonds is 37. The third kappa shape index (κ3) is 58.7. The van der Waals surface area contributed by atoms with Gasteiger partial charge in [-0.1, -0.05) is 154 Å². The molecule has 0 aromatic heterocycles. The predicted molar refractivity (Wildman–Crippen MR) is 565 cm³/mol. The summed E-state index contributed by atoms with van der Waals surface area (Å²) in [7, 11) is 0. The molecule has 143 heavy (non-hydrogen) atoms. The van der Waals surface area contributed by atoms with Crippen molar-refractivity contribution in [2.24, 2.45) is 0 Å². The number of carbonyl (C=O) groups excluding carboxylic acids is 6. The number of hydrogen-bond donors (Lipinski definition) is 6. The van der Waals surface area contributed by atoms with Crippen LogP contribution in [0.25, 0.3) is 0 Å². The SMILES string of the molecule is C=COCC.CC(=O)Cl.CC(=O)Oc1ccc(O)cc1.CC(=O)Oc1ccc(OCc2ccccc2)cc1.CCCBr.CCCOc1ccc(C(=O)c2ccc(O)cc2)cc1.CCCOc1ccc(C(=O)c2ccc(OC(C)=O)cc2)cc1.CCCOc1ccc(CO)cc1.CCCOc1ccc(COc2ccc(OC(C)OCC)cc2)cc1.OCc1ccc(O)cc1.Oc1ccc(OCc2ccccc2)cc1.[HH]. The van der Waals surface area contributed by atoms with Gasteiger partial charge in [-0.25, -0.2) is 0 Å². The molecule has 1 unspecified atom stereocenters. The van der Waals surface area contributed by atoms with Gasteiger partial charge in [0.2, 0.25) is 5.24 Å². The normalized spacial score (nSPS) is 9.90. The molecule has 1 atom stereocenters. The van der Waals surface area contributed by atoms with Gasteiger partial charge in [-0.3, -0.25) is 28.8 Å². The van der Waals surface area contributed by atoms with E-state index >= 15 is 0 Å². The zero-order chi connectivity index (χ0) is 105. The second kappa shape index (κ2) is 75.9. The van der Waals surface area contributed by atoms with Crippen molar-refractivity contribution < 1.29 is 122 Å². The van der Waals surface area contributed by atoms with E-state index in [0.29, 0.717) is 79.1 Å². The molecule has 0 saturated carbocycles. The van der Waals surface area contributed by atoms with E-state index in [9.17, 15) is 33.9 Å². The molecule has 0 heterocycles. The maximum absolute atomic E-state index is 12.4. The summed E-state index contributed by atoms with van der Waals surface area (Å²) >= 11 is 7.88. The second-order valence-electron chi connectivity index (χ2n) is 29.9. The molecule has 0 spiro atoms. The van der Waals surface area contributed by atoms with Crippen LogP contribution in [0, 0.1) is 0 Å². The van der Waals surface area contributed by atoms with Gasteiger partial charge < -0.3 is 92.2 Å². The van der Waals surface area contributed by atoms with Gasteiger partial charge in [0.15, 0.2) is 17.9 Å². The van der Waals surface area contributed by atoms with E-state index in [0.717, 1.165) is 125 Å². The molecular weight excluding hydrogens is 1910 g/mol. The summed E-state index contributed by atoms with van der Waals surface area (Å²) in [5, 5.41) is 54.0. The Bertz CT molecular complexity index is 5560. The van der Waals surface area contributed by atoms with Crippen LogP contribution in [0.4, 0.5) is 0 Å². The number of esters is 3. The lowest BCUT2D eigenvalue weighted by atomic mass is 10.0. The molecule has 0 amide bonds. The Balaban J connectivity index is 0.000000553. The first-order valence-electron chi connectivity index (χ1n) is 46.4. The Morgan fingerprint density at radius 3 is 0.790 bits per heavy atom. The summed E-state index contributed by atoms with van der Waals surface area (Å²) < 4.78 is 69.0. The topological polar surface area (TPSA) is 344 Å². The number of hydrogen-bond acceptors (Lipinski definition) is 25. The van der Waals surface area contributed by atoms with Gasteiger partial charge in [-0.05, 0) is 323 Å². The molecule has 25 nitrogen and oxygen atoms in total. The second-order valence-corrected chi connectivity index (χ2v) is 31.2. The average Bonchev–Trinajstić information content (AvgIpc) is 0.851. The molecule has 13 aromatic rings. The quantitative estimate of drug-likeness (QED) is 0.00401. The van der Waals surface area contributed by atoms with Crippen molar-refractivity contribution in [2.75, 3.05) is 45.0 Å². The van der Waals surface area contributed by atoms with E-state index < -0.39 is 0 Å². The van der Waals surface area contributed by atoms with Crippen molar-refractivity contribution >= 4 is 62.2 Å². The number of aliphatic hydroxyl groups excluding tert-OH is 2. The minimum atomic E-state index is -0.387. The van der Waals surface area contributed by atoms with E-state index in [2.05, 4.69) is 59.6 Å². The van der Waals surface area contributed by atoms with Crippen LogP contribution in [0.2, 0.25) is 0 Å². The minimum Gasteiger partial charge on any atom is -0.508 e. The van der Waals surface area contributed by atoms with Gasteiger partial charge in [-0.2, -0.15) is 0 Å². The fraction of sp³-hybridized carbons (Fsp3) is 0.259. The highest BCUT2D eigenvalue weighted by Gasteiger charge is 2.13. The Morgan fingerprint density at radius 2 is 0.531 bits per heavy atom. The van der Waals surface area contributed by atoms with Gasteiger partial charge in [0, 0.05) is 63.3 Å². The molecule has 0 saturated heterocycles. The Hall–Kier alpha value is -14.9. The number of halogens is 2. The third-order valence-electron chi connectivity index (χ3n) is 17.7. The number of phenols is 4. The van der Waals surface area contributed by atoms with Gasteiger partial charge in [0.05, 0.1) is 52.5 Å². The van der Waals surface area contributed by atoms with E-state index in [4.69, 9.17) is 82.4 Å². The molecule has 0 radical (unpaired) electrons. The highest BCUT2D eigenvalue weighted by molar-refractivity contribution is 9.09. The molecule has 27 heteroatoms. The van der Waals surface area contributed by atoms with Crippen LogP contribution >= 0.6 is 27.5 Å². The van der Waals surface area contributed by atoms with E-state index in [1.807, 2.05) is 168 Å². The summed E-state index contributed by atoms with van der Waals surface area (Å²) in [6.45, 7) is 30.7. The Labute approximate surface area is 855 Å². The fourth-order valence-electron chi connectivity index (χ4n) is 10.9. The third-order valence-corrected chi connectivity index (χ3v) is 18.5. The number of benzene rings is 13. The van der Waals surface area contributed by atoms with Crippen LogP contribution in [-0.4, -0.2) is 117 Å². The summed E-state index contributed by atoms with van der Waals surface area (Å²) in [5.74, 6) is 7.30. The molecule has 0 fully saturated rings. The van der Waals surface area contributed by atoms with E-state index in [-0.39, 0.29) is 78.6 Å². The molecule has 0 aliphatic carbocycles. The molecule has 13 aromatic carbocycles. The van der Waals surface area contributed by atoms with Gasteiger partial charge >= 0.3 is 17.9 Å². The van der Waals surface area contributed by atoms with Crippen molar-refractivity contribution in [3.8, 4) is 86.2 Å². The molecule has 0 bridgehead atoms. The van der Waals surface area contributed by atoms with Crippen molar-refractivity contribution in [3.05, 3.63) is 390 Å². The number of aromatic hydroxyl groups is 4. The first-order chi connectivity index (χ1) is 69.0. The van der Waals surface area contributed by atoms with Crippen LogP contribution < -0.4 is 52.1 Å². The molecule has 0 aliphatic rings. The predicted octanol–water partition coefficient (Wildman–Crippen LogP) is 26.2. The van der Waals surface area contributed by atoms with Crippen LogP contribution in [0.15, 0.2) is 340 Å². The summed E-state index contributed by atoms with van der Waals surface area (Å²) in [5.41, 5.74) is 7.36. The first-order valence-corrected chi connectivity index (χ1v) is 47.9.